The highest BCUT2D eigenvalue weighted by Crippen LogP contribution is 2.68. The predicted octanol–water partition coefficient (Wildman–Crippen LogP) is 4.99. The molecule has 4 rings (SSSR count). The number of fused-ring (bicyclic) bond motifs is 5. The van der Waals surface area contributed by atoms with Crippen molar-refractivity contribution >= 4 is 5.78 Å². The van der Waals surface area contributed by atoms with Gasteiger partial charge in [0.25, 0.3) is 0 Å². The quantitative estimate of drug-likeness (QED) is 0.774. The average molecular weight is 333 g/mol. The van der Waals surface area contributed by atoms with Crippen LogP contribution >= 0.6 is 0 Å². The highest BCUT2D eigenvalue weighted by Gasteiger charge is 2.62. The van der Waals surface area contributed by atoms with Crippen molar-refractivity contribution in [1.29, 1.82) is 0 Å². The first-order valence-electron chi connectivity index (χ1n) is 10.6. The minimum atomic E-state index is -0.0597. The van der Waals surface area contributed by atoms with Gasteiger partial charge in [-0.2, -0.15) is 0 Å². The number of rotatable bonds is 2. The Kier molecular flexibility index (Phi) is 4.14. The van der Waals surface area contributed by atoms with Gasteiger partial charge in [-0.15, -0.1) is 0 Å². The second kappa shape index (κ2) is 5.83. The Bertz CT molecular complexity index is 514. The van der Waals surface area contributed by atoms with E-state index in [4.69, 9.17) is 0 Å². The molecule has 4 saturated carbocycles. The fourth-order valence-corrected chi connectivity index (χ4v) is 8.31. The van der Waals surface area contributed by atoms with E-state index < -0.39 is 0 Å². The summed E-state index contributed by atoms with van der Waals surface area (Å²) in [6.07, 6.45) is 11.9. The lowest BCUT2D eigenvalue weighted by Crippen LogP contribution is -2.56. The topological polar surface area (TPSA) is 37.3 Å². The molecule has 1 N–H and O–H groups in total. The van der Waals surface area contributed by atoms with E-state index in [9.17, 15) is 9.90 Å². The number of aliphatic hydroxyl groups excluding tert-OH is 1. The Hall–Kier alpha value is -0.370. The Morgan fingerprint density at radius 2 is 1.83 bits per heavy atom. The lowest BCUT2D eigenvalue weighted by atomic mass is 9.44. The van der Waals surface area contributed by atoms with Gasteiger partial charge in [0.2, 0.25) is 0 Å². The minimum absolute atomic E-state index is 0.0211. The first kappa shape index (κ1) is 17.1. The summed E-state index contributed by atoms with van der Waals surface area (Å²) in [4.78, 5) is 12.8. The van der Waals surface area contributed by atoms with Gasteiger partial charge in [0.15, 0.2) is 0 Å². The normalized spacial score (nSPS) is 53.8. The molecule has 8 atom stereocenters. The second-order valence-electron chi connectivity index (χ2n) is 9.90. The van der Waals surface area contributed by atoms with Gasteiger partial charge in [-0.05, 0) is 99.7 Å². The molecule has 24 heavy (non-hydrogen) atoms. The van der Waals surface area contributed by atoms with E-state index in [1.807, 2.05) is 6.92 Å². The Labute approximate surface area is 147 Å². The van der Waals surface area contributed by atoms with Gasteiger partial charge in [0.1, 0.15) is 5.78 Å². The number of hydrogen-bond acceptors (Lipinski definition) is 2. The zero-order valence-electron chi connectivity index (χ0n) is 15.9. The van der Waals surface area contributed by atoms with Crippen LogP contribution in [0.1, 0.15) is 85.0 Å². The predicted molar refractivity (Wildman–Crippen MR) is 96.5 cm³/mol. The molecule has 0 saturated heterocycles. The van der Waals surface area contributed by atoms with Gasteiger partial charge >= 0.3 is 0 Å². The highest BCUT2D eigenvalue weighted by molar-refractivity contribution is 5.83. The molecular formula is C22H36O2. The van der Waals surface area contributed by atoms with Crippen molar-refractivity contribution in [2.75, 3.05) is 0 Å². The van der Waals surface area contributed by atoms with E-state index in [1.54, 1.807) is 0 Å². The molecule has 0 amide bonds. The molecule has 136 valence electrons. The van der Waals surface area contributed by atoms with Gasteiger partial charge in [-0.1, -0.05) is 20.3 Å². The standard InChI is InChI=1S/C22H36O2/c1-4-15-6-8-20-18-7-5-16-13-17(24)9-11-21(16,3)19(18)10-12-22(15,20)14(2)23/h15-20,24H,4-13H2,1-3H3/t15?,16-,17+,18+,19-,20-,21-,22-/m0/s1. The molecule has 0 aromatic heterocycles. The van der Waals surface area contributed by atoms with Crippen LogP contribution in [0.25, 0.3) is 0 Å². The van der Waals surface area contributed by atoms with Crippen LogP contribution in [-0.2, 0) is 4.79 Å². The molecule has 4 fully saturated rings. The van der Waals surface area contributed by atoms with E-state index in [0.717, 1.165) is 37.0 Å². The van der Waals surface area contributed by atoms with E-state index in [-0.39, 0.29) is 11.5 Å². The number of carbonyl (C=O) groups is 1. The van der Waals surface area contributed by atoms with Crippen LogP contribution in [0.2, 0.25) is 0 Å². The molecule has 0 spiro atoms. The molecule has 2 nitrogen and oxygen atoms in total. The Morgan fingerprint density at radius 3 is 2.54 bits per heavy atom. The molecule has 4 aliphatic rings. The summed E-state index contributed by atoms with van der Waals surface area (Å²) in [7, 11) is 0. The first-order valence-corrected chi connectivity index (χ1v) is 10.6. The van der Waals surface area contributed by atoms with Crippen molar-refractivity contribution in [3.05, 3.63) is 0 Å². The molecule has 4 aliphatic carbocycles. The SMILES string of the molecule is CCC1CC[C@H]2[C@@H]3CC[C@H]4C[C@H](O)CC[C@]4(C)[C@H]3CC[C@]12C(C)=O. The van der Waals surface area contributed by atoms with Crippen molar-refractivity contribution in [1.82, 2.24) is 0 Å². The van der Waals surface area contributed by atoms with E-state index in [1.165, 1.54) is 44.9 Å². The summed E-state index contributed by atoms with van der Waals surface area (Å²) in [6, 6.07) is 0. The van der Waals surface area contributed by atoms with Crippen LogP contribution < -0.4 is 0 Å². The zero-order valence-corrected chi connectivity index (χ0v) is 15.9. The van der Waals surface area contributed by atoms with Crippen LogP contribution in [0, 0.1) is 40.4 Å². The van der Waals surface area contributed by atoms with Gasteiger partial charge in [-0.3, -0.25) is 4.79 Å². The summed E-state index contributed by atoms with van der Waals surface area (Å²) in [5.41, 5.74) is 0.447. The molecule has 0 aliphatic heterocycles. The van der Waals surface area contributed by atoms with Crippen molar-refractivity contribution in [2.45, 2.75) is 91.1 Å². The third-order valence-corrected chi connectivity index (χ3v) is 9.47. The third-order valence-electron chi connectivity index (χ3n) is 9.47. The number of aliphatic hydroxyl groups is 1. The maximum atomic E-state index is 12.8. The summed E-state index contributed by atoms with van der Waals surface area (Å²) in [6.45, 7) is 6.73. The molecule has 1 unspecified atom stereocenters. The second-order valence-corrected chi connectivity index (χ2v) is 9.90. The van der Waals surface area contributed by atoms with Crippen molar-refractivity contribution < 1.29 is 9.90 Å². The van der Waals surface area contributed by atoms with Crippen LogP contribution in [0.3, 0.4) is 0 Å². The van der Waals surface area contributed by atoms with Crippen molar-refractivity contribution in [3.63, 3.8) is 0 Å². The molecule has 0 aromatic rings. The smallest absolute Gasteiger partial charge is 0.136 e. The maximum Gasteiger partial charge on any atom is 0.136 e. The first-order chi connectivity index (χ1) is 11.4. The number of Topliss-reactive ketones (excluding diaryl/α,β-unsaturated/α-hetero) is 1. The monoisotopic (exact) mass is 332 g/mol. The molecular weight excluding hydrogens is 296 g/mol. The Morgan fingerprint density at radius 1 is 1.04 bits per heavy atom. The van der Waals surface area contributed by atoms with Crippen molar-refractivity contribution in [3.8, 4) is 0 Å². The summed E-state index contributed by atoms with van der Waals surface area (Å²) < 4.78 is 0. The van der Waals surface area contributed by atoms with E-state index in [0.29, 0.717) is 23.0 Å². The fourth-order valence-electron chi connectivity index (χ4n) is 8.31. The van der Waals surface area contributed by atoms with Gasteiger partial charge < -0.3 is 5.11 Å². The lowest BCUT2D eigenvalue weighted by Gasteiger charge is -2.61. The molecule has 0 aromatic carbocycles. The minimum Gasteiger partial charge on any atom is -0.393 e. The Balaban J connectivity index is 1.66. The summed E-state index contributed by atoms with van der Waals surface area (Å²) in [5.74, 6) is 4.09. The largest absolute Gasteiger partial charge is 0.393 e. The molecule has 0 heterocycles. The maximum absolute atomic E-state index is 12.8. The molecule has 0 bridgehead atoms. The lowest BCUT2D eigenvalue weighted by molar-refractivity contribution is -0.153. The number of hydrogen-bond donors (Lipinski definition) is 1. The number of carbonyl (C=O) groups excluding carboxylic acids is 1. The third kappa shape index (κ3) is 2.14. The molecule has 2 heteroatoms. The number of ketones is 1. The van der Waals surface area contributed by atoms with Gasteiger partial charge in [0.05, 0.1) is 6.10 Å². The highest BCUT2D eigenvalue weighted by atomic mass is 16.3. The van der Waals surface area contributed by atoms with E-state index in [2.05, 4.69) is 13.8 Å². The molecule has 0 radical (unpaired) electrons. The van der Waals surface area contributed by atoms with Crippen LogP contribution in [0.4, 0.5) is 0 Å². The zero-order chi connectivity index (χ0) is 17.1. The summed E-state index contributed by atoms with van der Waals surface area (Å²) in [5, 5.41) is 10.1. The van der Waals surface area contributed by atoms with Crippen LogP contribution in [0.5, 0.6) is 0 Å². The van der Waals surface area contributed by atoms with Crippen molar-refractivity contribution in [2.24, 2.45) is 40.4 Å². The summed E-state index contributed by atoms with van der Waals surface area (Å²) >= 11 is 0. The van der Waals surface area contributed by atoms with Crippen LogP contribution in [-0.4, -0.2) is 17.0 Å². The van der Waals surface area contributed by atoms with Gasteiger partial charge in [0, 0.05) is 5.41 Å². The van der Waals surface area contributed by atoms with E-state index >= 15 is 0 Å². The van der Waals surface area contributed by atoms with Gasteiger partial charge in [-0.25, -0.2) is 0 Å². The average Bonchev–Trinajstić information content (AvgIpc) is 2.95. The fraction of sp³-hybridized carbons (Fsp3) is 0.955. The van der Waals surface area contributed by atoms with Crippen LogP contribution in [0.15, 0.2) is 0 Å².